The fraction of sp³-hybridized carbons (Fsp3) is 0. The van der Waals surface area contributed by atoms with Crippen LogP contribution in [-0.2, 0) is 0 Å². The number of nitrogens with zero attached hydrogens (tertiary/aromatic N) is 2. The summed E-state index contributed by atoms with van der Waals surface area (Å²) >= 11 is 0. The van der Waals surface area contributed by atoms with Crippen molar-refractivity contribution in [3.05, 3.63) is 279 Å². The van der Waals surface area contributed by atoms with Gasteiger partial charge in [-0.2, -0.15) is 0 Å². The Morgan fingerprint density at radius 3 is 1.06 bits per heavy atom. The van der Waals surface area contributed by atoms with E-state index in [0.717, 1.165) is 11.4 Å². The van der Waals surface area contributed by atoms with Crippen LogP contribution in [0, 0.1) is 0 Å². The Balaban J connectivity index is 0.997. The number of para-hydroxylation sites is 2. The van der Waals surface area contributed by atoms with Crippen molar-refractivity contribution in [3.8, 4) is 44.8 Å². The monoisotopic (exact) mass is 894 g/mol. The summed E-state index contributed by atoms with van der Waals surface area (Å²) in [6.07, 6.45) is 0. The molecule has 0 radical (unpaired) electrons. The number of benzene rings is 11. The summed E-state index contributed by atoms with van der Waals surface area (Å²) in [7, 11) is -2.78. The van der Waals surface area contributed by atoms with Gasteiger partial charge < -0.3 is 9.13 Å². The van der Waals surface area contributed by atoms with E-state index in [1.54, 1.807) is 0 Å². The summed E-state index contributed by atoms with van der Waals surface area (Å²) < 4.78 is 4.90. The van der Waals surface area contributed by atoms with E-state index in [0.29, 0.717) is 0 Å². The van der Waals surface area contributed by atoms with E-state index >= 15 is 0 Å². The van der Waals surface area contributed by atoms with E-state index in [-0.39, 0.29) is 0 Å². The SMILES string of the molecule is c1ccc(-c2cccc(-c3ccc4c5cc(-c6ccc7c(c6)c6ccc([Si](c8ccccc8)(c8ccccc8)c8ccccc8)cc6n7-c6ccccc6)ccc5n(-c5ccccc5)c4c3)c2)cc1. The second-order valence-electron chi connectivity index (χ2n) is 18.1. The zero-order valence-corrected chi connectivity index (χ0v) is 39.0. The average Bonchev–Trinajstić information content (AvgIpc) is 3.94. The van der Waals surface area contributed by atoms with Crippen LogP contribution in [0.2, 0.25) is 0 Å². The Morgan fingerprint density at radius 2 is 0.565 bits per heavy atom. The lowest BCUT2D eigenvalue weighted by atomic mass is 9.97. The van der Waals surface area contributed by atoms with Crippen molar-refractivity contribution in [2.24, 2.45) is 0 Å². The number of hydrogen-bond acceptors (Lipinski definition) is 0. The number of hydrogen-bond donors (Lipinski definition) is 0. The van der Waals surface area contributed by atoms with Crippen LogP contribution in [0.15, 0.2) is 279 Å². The van der Waals surface area contributed by atoms with E-state index < -0.39 is 8.07 Å². The first kappa shape index (κ1) is 40.5. The Labute approximate surface area is 403 Å². The Hall–Kier alpha value is -8.76. The second kappa shape index (κ2) is 16.8. The average molecular weight is 895 g/mol. The van der Waals surface area contributed by atoms with Gasteiger partial charge >= 0.3 is 0 Å². The van der Waals surface area contributed by atoms with Crippen molar-refractivity contribution < 1.29 is 0 Å². The molecule has 0 aliphatic carbocycles. The van der Waals surface area contributed by atoms with Crippen LogP contribution < -0.4 is 20.7 Å². The molecule has 324 valence electrons. The first-order valence-electron chi connectivity index (χ1n) is 23.8. The van der Waals surface area contributed by atoms with Crippen molar-refractivity contribution >= 4 is 72.4 Å². The minimum absolute atomic E-state index is 1.15. The first-order valence-corrected chi connectivity index (χ1v) is 25.8. The van der Waals surface area contributed by atoms with Gasteiger partial charge in [0.05, 0.1) is 22.1 Å². The molecule has 0 bridgehead atoms. The van der Waals surface area contributed by atoms with Crippen LogP contribution in [-0.4, -0.2) is 17.2 Å². The van der Waals surface area contributed by atoms with Crippen LogP contribution in [0.5, 0.6) is 0 Å². The normalized spacial score (nSPS) is 11.8. The summed E-state index contributed by atoms with van der Waals surface area (Å²) in [6, 6.07) is 103. The van der Waals surface area contributed by atoms with E-state index in [1.165, 1.54) is 97.7 Å². The van der Waals surface area contributed by atoms with Crippen LogP contribution >= 0.6 is 0 Å². The van der Waals surface area contributed by atoms with Crippen molar-refractivity contribution in [2.75, 3.05) is 0 Å². The molecule has 0 saturated carbocycles. The standard InChI is InChI=1S/C66H46N2Si/c1-7-20-47(21-8-1)48-22-19-23-49(42-48)52-34-38-59-61-43-50(35-40-63(61)67(65(59)45-52)53-24-9-2-10-25-53)51-36-41-64-62(44-51)60-39-37-58(46-66(60)68(64)54-26-11-3-12-27-54)69(55-28-13-4-14-29-55,56-30-15-5-16-31-56)57-32-17-6-18-33-57/h1-46H. The summed E-state index contributed by atoms with van der Waals surface area (Å²) in [5.41, 5.74) is 14.3. The Morgan fingerprint density at radius 1 is 0.203 bits per heavy atom. The smallest absolute Gasteiger partial charge is 0.179 e. The molecule has 69 heavy (non-hydrogen) atoms. The van der Waals surface area contributed by atoms with Crippen molar-refractivity contribution in [1.29, 1.82) is 0 Å². The quantitative estimate of drug-likeness (QED) is 0.101. The van der Waals surface area contributed by atoms with Crippen molar-refractivity contribution in [1.82, 2.24) is 9.13 Å². The van der Waals surface area contributed by atoms with Gasteiger partial charge in [0.15, 0.2) is 8.07 Å². The lowest BCUT2D eigenvalue weighted by Gasteiger charge is -2.34. The fourth-order valence-corrected chi connectivity index (χ4v) is 15.9. The molecule has 0 atom stereocenters. The summed E-state index contributed by atoms with van der Waals surface area (Å²) in [5.74, 6) is 0. The van der Waals surface area contributed by atoms with E-state index in [9.17, 15) is 0 Å². The van der Waals surface area contributed by atoms with Gasteiger partial charge in [-0.1, -0.05) is 212 Å². The molecule has 0 aliphatic heterocycles. The van der Waals surface area contributed by atoms with E-state index in [2.05, 4.69) is 288 Å². The summed E-state index contributed by atoms with van der Waals surface area (Å²) in [6.45, 7) is 0. The van der Waals surface area contributed by atoms with Gasteiger partial charge in [0.25, 0.3) is 0 Å². The Bertz CT molecular complexity index is 3880. The van der Waals surface area contributed by atoms with Gasteiger partial charge in [0.2, 0.25) is 0 Å². The van der Waals surface area contributed by atoms with Gasteiger partial charge in [-0.15, -0.1) is 0 Å². The fourth-order valence-electron chi connectivity index (χ4n) is 11.1. The van der Waals surface area contributed by atoms with Gasteiger partial charge in [-0.3, -0.25) is 0 Å². The molecule has 0 fully saturated rings. The highest BCUT2D eigenvalue weighted by molar-refractivity contribution is 7.20. The minimum Gasteiger partial charge on any atom is -0.309 e. The first-order chi connectivity index (χ1) is 34.2. The zero-order chi connectivity index (χ0) is 45.7. The maximum Gasteiger partial charge on any atom is 0.179 e. The third-order valence-electron chi connectivity index (χ3n) is 14.3. The number of fused-ring (bicyclic) bond motifs is 6. The highest BCUT2D eigenvalue weighted by Gasteiger charge is 2.41. The molecular weight excluding hydrogens is 849 g/mol. The van der Waals surface area contributed by atoms with Crippen LogP contribution in [0.4, 0.5) is 0 Å². The van der Waals surface area contributed by atoms with Crippen molar-refractivity contribution in [3.63, 3.8) is 0 Å². The molecule has 2 aromatic heterocycles. The molecular formula is C66H46N2Si. The third kappa shape index (κ3) is 6.78. The predicted molar refractivity (Wildman–Crippen MR) is 295 cm³/mol. The van der Waals surface area contributed by atoms with Crippen LogP contribution in [0.25, 0.3) is 88.4 Å². The van der Waals surface area contributed by atoms with Crippen molar-refractivity contribution in [2.45, 2.75) is 0 Å². The van der Waals surface area contributed by atoms with Crippen LogP contribution in [0.1, 0.15) is 0 Å². The van der Waals surface area contributed by atoms with Crippen LogP contribution in [0.3, 0.4) is 0 Å². The van der Waals surface area contributed by atoms with E-state index in [1.807, 2.05) is 0 Å². The summed E-state index contributed by atoms with van der Waals surface area (Å²) in [5, 5.41) is 10.4. The molecule has 0 saturated heterocycles. The van der Waals surface area contributed by atoms with Gasteiger partial charge in [-0.25, -0.2) is 0 Å². The molecule has 0 amide bonds. The zero-order valence-electron chi connectivity index (χ0n) is 38.0. The van der Waals surface area contributed by atoms with E-state index in [4.69, 9.17) is 0 Å². The molecule has 2 heterocycles. The predicted octanol–water partition coefficient (Wildman–Crippen LogP) is 14.3. The molecule has 2 nitrogen and oxygen atoms in total. The molecule has 13 aromatic rings. The molecule has 11 aromatic carbocycles. The molecule has 0 aliphatic rings. The molecule has 13 rings (SSSR count). The highest BCUT2D eigenvalue weighted by Crippen LogP contribution is 2.40. The number of aromatic nitrogens is 2. The molecule has 3 heteroatoms. The molecule has 0 spiro atoms. The minimum atomic E-state index is -2.78. The maximum atomic E-state index is 2.51. The largest absolute Gasteiger partial charge is 0.309 e. The Kier molecular flexibility index (Phi) is 9.88. The highest BCUT2D eigenvalue weighted by atomic mass is 28.3. The maximum absolute atomic E-state index is 2.78. The van der Waals surface area contributed by atoms with Gasteiger partial charge in [0.1, 0.15) is 0 Å². The second-order valence-corrected chi connectivity index (χ2v) is 21.9. The van der Waals surface area contributed by atoms with Gasteiger partial charge in [0, 0.05) is 32.9 Å². The molecule has 0 N–H and O–H groups in total. The lowest BCUT2D eigenvalue weighted by molar-refractivity contribution is 1.18. The van der Waals surface area contributed by atoms with Gasteiger partial charge in [-0.05, 0) is 121 Å². The number of rotatable bonds is 9. The summed E-state index contributed by atoms with van der Waals surface area (Å²) in [4.78, 5) is 0. The lowest BCUT2D eigenvalue weighted by Crippen LogP contribution is -2.74. The molecule has 0 unspecified atom stereocenters. The third-order valence-corrected chi connectivity index (χ3v) is 19.0. The topological polar surface area (TPSA) is 9.86 Å².